The third kappa shape index (κ3) is 3.12. The van der Waals surface area contributed by atoms with Gasteiger partial charge in [-0.05, 0) is 19.1 Å². The van der Waals surface area contributed by atoms with Crippen molar-refractivity contribution in [3.8, 4) is 5.75 Å². The van der Waals surface area contributed by atoms with Crippen molar-refractivity contribution in [2.45, 2.75) is 19.5 Å². The van der Waals surface area contributed by atoms with E-state index in [4.69, 9.17) is 11.6 Å². The molecular weight excluding hydrogens is 228 g/mol. The molecule has 4 nitrogen and oxygen atoms in total. The van der Waals surface area contributed by atoms with Gasteiger partial charge in [-0.15, -0.1) is 0 Å². The van der Waals surface area contributed by atoms with Crippen molar-refractivity contribution in [1.29, 1.82) is 0 Å². The van der Waals surface area contributed by atoms with Gasteiger partial charge in [0.05, 0.1) is 6.04 Å². The van der Waals surface area contributed by atoms with Crippen LogP contribution in [0.25, 0.3) is 0 Å². The summed E-state index contributed by atoms with van der Waals surface area (Å²) in [6.45, 7) is 2.09. The molecule has 1 aromatic rings. The maximum Gasteiger partial charge on any atom is 0.236 e. The SMILES string of the molecule is CNC(=O)[C@@H](C)NCc1c(O)cccc1Cl. The molecule has 1 rings (SSSR count). The first kappa shape index (κ1) is 12.8. The highest BCUT2D eigenvalue weighted by atomic mass is 35.5. The molecule has 1 amide bonds. The highest BCUT2D eigenvalue weighted by Gasteiger charge is 2.12. The van der Waals surface area contributed by atoms with Crippen LogP contribution in [0.3, 0.4) is 0 Å². The van der Waals surface area contributed by atoms with Crippen LogP contribution in [0.5, 0.6) is 5.75 Å². The van der Waals surface area contributed by atoms with Crippen LogP contribution in [0.15, 0.2) is 18.2 Å². The minimum atomic E-state index is -0.333. The number of phenolic OH excluding ortho intramolecular Hbond substituents is 1. The van der Waals surface area contributed by atoms with Crippen LogP contribution in [0.2, 0.25) is 5.02 Å². The maximum atomic E-state index is 11.2. The predicted molar refractivity (Wildman–Crippen MR) is 63.5 cm³/mol. The number of hydrogen-bond donors (Lipinski definition) is 3. The van der Waals surface area contributed by atoms with E-state index in [0.717, 1.165) is 0 Å². The van der Waals surface area contributed by atoms with Crippen LogP contribution in [0.1, 0.15) is 12.5 Å². The fourth-order valence-electron chi connectivity index (χ4n) is 1.29. The molecule has 0 saturated carbocycles. The van der Waals surface area contributed by atoms with Crippen LogP contribution in [-0.4, -0.2) is 24.1 Å². The van der Waals surface area contributed by atoms with E-state index in [1.807, 2.05) is 0 Å². The van der Waals surface area contributed by atoms with Crippen LogP contribution >= 0.6 is 11.6 Å². The number of nitrogens with one attached hydrogen (secondary N) is 2. The second-order valence-corrected chi connectivity index (χ2v) is 3.86. The molecular formula is C11H15ClN2O2. The molecule has 88 valence electrons. The maximum absolute atomic E-state index is 11.2. The first-order chi connectivity index (χ1) is 7.56. The lowest BCUT2D eigenvalue weighted by atomic mass is 10.2. The number of carbonyl (C=O) groups is 1. The topological polar surface area (TPSA) is 61.4 Å². The van der Waals surface area contributed by atoms with E-state index in [0.29, 0.717) is 17.1 Å². The molecule has 0 radical (unpaired) electrons. The highest BCUT2D eigenvalue weighted by Crippen LogP contribution is 2.24. The van der Waals surface area contributed by atoms with Crippen molar-refractivity contribution < 1.29 is 9.90 Å². The lowest BCUT2D eigenvalue weighted by Crippen LogP contribution is -2.40. The minimum Gasteiger partial charge on any atom is -0.508 e. The Morgan fingerprint density at radius 2 is 2.25 bits per heavy atom. The van der Waals surface area contributed by atoms with Gasteiger partial charge in [0.1, 0.15) is 5.75 Å². The molecule has 16 heavy (non-hydrogen) atoms. The Hall–Kier alpha value is -1.26. The molecule has 0 spiro atoms. The number of phenols is 1. The van der Waals surface area contributed by atoms with Crippen molar-refractivity contribution in [3.63, 3.8) is 0 Å². The molecule has 0 aromatic heterocycles. The van der Waals surface area contributed by atoms with Crippen molar-refractivity contribution in [2.75, 3.05) is 7.05 Å². The van der Waals surface area contributed by atoms with E-state index >= 15 is 0 Å². The molecule has 0 heterocycles. The Bertz CT molecular complexity index is 362. The third-order valence-electron chi connectivity index (χ3n) is 2.32. The largest absolute Gasteiger partial charge is 0.508 e. The Balaban J connectivity index is 2.64. The van der Waals surface area contributed by atoms with Gasteiger partial charge >= 0.3 is 0 Å². The van der Waals surface area contributed by atoms with Crippen molar-refractivity contribution in [1.82, 2.24) is 10.6 Å². The van der Waals surface area contributed by atoms with Gasteiger partial charge in [0.15, 0.2) is 0 Å². The van der Waals surface area contributed by atoms with Gasteiger partial charge in [-0.3, -0.25) is 4.79 Å². The standard InChI is InChI=1S/C11H15ClN2O2/c1-7(11(16)13-2)14-6-8-9(12)4-3-5-10(8)15/h3-5,7,14-15H,6H2,1-2H3,(H,13,16)/t7-/m1/s1. The van der Waals surface area contributed by atoms with E-state index in [2.05, 4.69) is 10.6 Å². The first-order valence-electron chi connectivity index (χ1n) is 4.97. The average Bonchev–Trinajstić information content (AvgIpc) is 2.27. The van der Waals surface area contributed by atoms with Crippen LogP contribution in [-0.2, 0) is 11.3 Å². The lowest BCUT2D eigenvalue weighted by Gasteiger charge is -2.13. The van der Waals surface area contributed by atoms with Crippen LogP contribution in [0, 0.1) is 0 Å². The second kappa shape index (κ2) is 5.72. The molecule has 1 atom stereocenters. The molecule has 0 aliphatic rings. The quantitative estimate of drug-likeness (QED) is 0.745. The Kier molecular flexibility index (Phi) is 4.58. The zero-order valence-corrected chi connectivity index (χ0v) is 10.0. The van der Waals surface area contributed by atoms with Gasteiger partial charge in [0.25, 0.3) is 0 Å². The molecule has 5 heteroatoms. The van der Waals surface area contributed by atoms with Crippen molar-refractivity contribution >= 4 is 17.5 Å². The molecule has 0 bridgehead atoms. The second-order valence-electron chi connectivity index (χ2n) is 3.45. The summed E-state index contributed by atoms with van der Waals surface area (Å²) in [6.07, 6.45) is 0. The number of halogens is 1. The third-order valence-corrected chi connectivity index (χ3v) is 2.67. The van der Waals surface area contributed by atoms with Gasteiger partial charge in [-0.25, -0.2) is 0 Å². The number of amides is 1. The van der Waals surface area contributed by atoms with Crippen LogP contribution < -0.4 is 10.6 Å². The number of rotatable bonds is 4. The Morgan fingerprint density at radius 3 is 2.81 bits per heavy atom. The number of likely N-dealkylation sites (N-methyl/N-ethyl adjacent to an activating group) is 1. The number of hydrogen-bond acceptors (Lipinski definition) is 3. The summed E-state index contributed by atoms with van der Waals surface area (Å²) in [6, 6.07) is 4.60. The average molecular weight is 243 g/mol. The van der Waals surface area contributed by atoms with Gasteiger partial charge in [-0.1, -0.05) is 17.7 Å². The van der Waals surface area contributed by atoms with Crippen LogP contribution in [0.4, 0.5) is 0 Å². The Morgan fingerprint density at radius 1 is 1.56 bits per heavy atom. The summed E-state index contributed by atoms with van der Waals surface area (Å²) in [5, 5.41) is 15.6. The van der Waals surface area contributed by atoms with Crippen molar-refractivity contribution in [2.24, 2.45) is 0 Å². The smallest absolute Gasteiger partial charge is 0.236 e. The summed E-state index contributed by atoms with van der Waals surface area (Å²) < 4.78 is 0. The molecule has 1 aromatic carbocycles. The molecule has 0 aliphatic carbocycles. The van der Waals surface area contributed by atoms with E-state index in [9.17, 15) is 9.90 Å². The van der Waals surface area contributed by atoms with E-state index in [1.54, 1.807) is 32.2 Å². The summed E-state index contributed by atoms with van der Waals surface area (Å²) >= 11 is 5.93. The van der Waals surface area contributed by atoms with E-state index < -0.39 is 0 Å². The summed E-state index contributed by atoms with van der Waals surface area (Å²) in [7, 11) is 1.58. The van der Waals surface area contributed by atoms with Gasteiger partial charge in [-0.2, -0.15) is 0 Å². The predicted octanol–water partition coefficient (Wildman–Crippen LogP) is 1.27. The van der Waals surface area contributed by atoms with Gasteiger partial charge < -0.3 is 15.7 Å². The Labute approximate surface area is 99.6 Å². The first-order valence-corrected chi connectivity index (χ1v) is 5.35. The lowest BCUT2D eigenvalue weighted by molar-refractivity contribution is -0.122. The molecule has 3 N–H and O–H groups in total. The minimum absolute atomic E-state index is 0.105. The van der Waals surface area contributed by atoms with E-state index in [1.165, 1.54) is 0 Å². The summed E-state index contributed by atoms with van der Waals surface area (Å²) in [4.78, 5) is 11.2. The summed E-state index contributed by atoms with van der Waals surface area (Å²) in [5.74, 6) is 0.0238. The zero-order chi connectivity index (χ0) is 12.1. The zero-order valence-electron chi connectivity index (χ0n) is 9.25. The van der Waals surface area contributed by atoms with Gasteiger partial charge in [0.2, 0.25) is 5.91 Å². The summed E-state index contributed by atoms with van der Waals surface area (Å²) in [5.41, 5.74) is 0.597. The normalized spacial score (nSPS) is 12.2. The highest BCUT2D eigenvalue weighted by molar-refractivity contribution is 6.31. The van der Waals surface area contributed by atoms with Gasteiger partial charge in [0, 0.05) is 24.2 Å². The number of carbonyl (C=O) groups excluding carboxylic acids is 1. The number of aromatic hydroxyl groups is 1. The fraction of sp³-hybridized carbons (Fsp3) is 0.364. The monoisotopic (exact) mass is 242 g/mol. The molecule has 0 aliphatic heterocycles. The van der Waals surface area contributed by atoms with E-state index in [-0.39, 0.29) is 17.7 Å². The molecule has 0 saturated heterocycles. The van der Waals surface area contributed by atoms with Crippen molar-refractivity contribution in [3.05, 3.63) is 28.8 Å². The fourth-order valence-corrected chi connectivity index (χ4v) is 1.52. The molecule has 0 fully saturated rings. The molecule has 0 unspecified atom stereocenters. The number of benzene rings is 1.